The van der Waals surface area contributed by atoms with E-state index < -0.39 is 0 Å². The van der Waals surface area contributed by atoms with Gasteiger partial charge in [0.05, 0.1) is 5.69 Å². The number of thiophene rings is 1. The summed E-state index contributed by atoms with van der Waals surface area (Å²) in [5, 5.41) is 14.8. The predicted octanol–water partition coefficient (Wildman–Crippen LogP) is 3.20. The summed E-state index contributed by atoms with van der Waals surface area (Å²) in [6, 6.07) is 9.49. The lowest BCUT2D eigenvalue weighted by Crippen LogP contribution is -2.09. The largest absolute Gasteiger partial charge is 0.322 e. The van der Waals surface area contributed by atoms with Crippen LogP contribution in [0.25, 0.3) is 17.5 Å². The van der Waals surface area contributed by atoms with E-state index in [0.717, 1.165) is 11.1 Å². The monoisotopic (exact) mass is 310 g/mol. The highest BCUT2D eigenvalue weighted by atomic mass is 32.1. The third kappa shape index (κ3) is 3.12. The molecule has 0 aliphatic heterocycles. The van der Waals surface area contributed by atoms with Gasteiger partial charge in [-0.3, -0.25) is 4.79 Å². The van der Waals surface area contributed by atoms with Gasteiger partial charge in [0.2, 0.25) is 5.91 Å². The van der Waals surface area contributed by atoms with Gasteiger partial charge in [0, 0.05) is 18.7 Å². The molecule has 1 N–H and O–H groups in total. The van der Waals surface area contributed by atoms with E-state index in [1.165, 1.54) is 6.08 Å². The van der Waals surface area contributed by atoms with Crippen molar-refractivity contribution >= 4 is 29.0 Å². The van der Waals surface area contributed by atoms with Gasteiger partial charge in [-0.25, -0.2) is 0 Å². The maximum Gasteiger partial charge on any atom is 0.248 e. The highest BCUT2D eigenvalue weighted by Crippen LogP contribution is 2.25. The van der Waals surface area contributed by atoms with Crippen LogP contribution in [0, 0.1) is 0 Å². The summed E-state index contributed by atoms with van der Waals surface area (Å²) in [6.45, 7) is 0. The van der Waals surface area contributed by atoms with Gasteiger partial charge in [-0.05, 0) is 40.6 Å². The standard InChI is InChI=1S/C16H14N4OS/c1-20-11-17-19-16(20)13-4-2-3-5-14(13)18-15(21)7-6-12-8-9-22-10-12/h2-11H,1H3,(H,18,21). The minimum atomic E-state index is -0.180. The Kier molecular flexibility index (Phi) is 4.11. The second-order valence-electron chi connectivity index (χ2n) is 4.69. The molecule has 0 spiro atoms. The van der Waals surface area contributed by atoms with Crippen molar-refractivity contribution in [3.8, 4) is 11.4 Å². The van der Waals surface area contributed by atoms with Gasteiger partial charge in [0.25, 0.3) is 0 Å². The molecule has 0 saturated heterocycles. The van der Waals surface area contributed by atoms with Crippen molar-refractivity contribution < 1.29 is 4.79 Å². The summed E-state index contributed by atoms with van der Waals surface area (Å²) < 4.78 is 1.81. The van der Waals surface area contributed by atoms with Gasteiger partial charge in [-0.15, -0.1) is 10.2 Å². The number of aromatic nitrogens is 3. The molecule has 0 unspecified atom stereocenters. The topological polar surface area (TPSA) is 59.8 Å². The molecule has 1 amide bonds. The number of hydrogen-bond acceptors (Lipinski definition) is 4. The second kappa shape index (κ2) is 6.36. The summed E-state index contributed by atoms with van der Waals surface area (Å²) in [7, 11) is 1.87. The minimum absolute atomic E-state index is 0.180. The van der Waals surface area contributed by atoms with Crippen molar-refractivity contribution in [2.45, 2.75) is 0 Å². The highest BCUT2D eigenvalue weighted by Gasteiger charge is 2.10. The SMILES string of the molecule is Cn1cnnc1-c1ccccc1NC(=O)C=Cc1ccsc1. The van der Waals surface area contributed by atoms with Crippen LogP contribution in [0.15, 0.2) is 53.5 Å². The first kappa shape index (κ1) is 14.2. The lowest BCUT2D eigenvalue weighted by Gasteiger charge is -2.08. The molecule has 110 valence electrons. The maximum absolute atomic E-state index is 12.1. The van der Waals surface area contributed by atoms with Crippen LogP contribution in [0.2, 0.25) is 0 Å². The van der Waals surface area contributed by atoms with E-state index in [1.54, 1.807) is 23.7 Å². The number of amides is 1. The Morgan fingerprint density at radius 3 is 2.91 bits per heavy atom. The van der Waals surface area contributed by atoms with E-state index in [0.29, 0.717) is 11.5 Å². The molecular formula is C16H14N4OS. The number of nitrogens with zero attached hydrogens (tertiary/aromatic N) is 3. The third-order valence-electron chi connectivity index (χ3n) is 3.11. The molecule has 0 fully saturated rings. The number of hydrogen-bond donors (Lipinski definition) is 1. The van der Waals surface area contributed by atoms with Crippen molar-refractivity contribution in [3.63, 3.8) is 0 Å². The van der Waals surface area contributed by atoms with Crippen LogP contribution in [-0.4, -0.2) is 20.7 Å². The molecule has 3 rings (SSSR count). The fraction of sp³-hybridized carbons (Fsp3) is 0.0625. The second-order valence-corrected chi connectivity index (χ2v) is 5.47. The van der Waals surface area contributed by atoms with E-state index in [2.05, 4.69) is 15.5 Å². The summed E-state index contributed by atoms with van der Waals surface area (Å²) in [5.41, 5.74) is 2.56. The van der Waals surface area contributed by atoms with E-state index >= 15 is 0 Å². The molecule has 0 atom stereocenters. The average molecular weight is 310 g/mol. The quantitative estimate of drug-likeness (QED) is 0.753. The summed E-state index contributed by atoms with van der Waals surface area (Å²) in [6.07, 6.45) is 4.94. The fourth-order valence-electron chi connectivity index (χ4n) is 2.03. The first-order valence-corrected chi connectivity index (χ1v) is 7.63. The van der Waals surface area contributed by atoms with Crippen molar-refractivity contribution in [3.05, 3.63) is 59.1 Å². The lowest BCUT2D eigenvalue weighted by atomic mass is 10.1. The normalized spacial score (nSPS) is 11.0. The van der Waals surface area contributed by atoms with E-state index in [9.17, 15) is 4.79 Å². The molecule has 0 aliphatic rings. The van der Waals surface area contributed by atoms with Crippen molar-refractivity contribution in [2.24, 2.45) is 7.05 Å². The van der Waals surface area contributed by atoms with Gasteiger partial charge in [0.1, 0.15) is 6.33 Å². The lowest BCUT2D eigenvalue weighted by molar-refractivity contribution is -0.111. The number of nitrogens with one attached hydrogen (secondary N) is 1. The van der Waals surface area contributed by atoms with E-state index in [1.807, 2.05) is 52.7 Å². The number of benzene rings is 1. The molecule has 22 heavy (non-hydrogen) atoms. The van der Waals surface area contributed by atoms with E-state index in [-0.39, 0.29) is 5.91 Å². The van der Waals surface area contributed by atoms with Crippen molar-refractivity contribution in [2.75, 3.05) is 5.32 Å². The number of anilines is 1. The molecule has 6 heteroatoms. The first-order chi connectivity index (χ1) is 10.7. The van der Waals surface area contributed by atoms with E-state index in [4.69, 9.17) is 0 Å². The number of para-hydroxylation sites is 1. The summed E-state index contributed by atoms with van der Waals surface area (Å²) in [4.78, 5) is 12.1. The zero-order valence-corrected chi connectivity index (χ0v) is 12.7. The van der Waals surface area contributed by atoms with Crippen LogP contribution in [0.3, 0.4) is 0 Å². The smallest absolute Gasteiger partial charge is 0.248 e. The van der Waals surface area contributed by atoms with Crippen LogP contribution in [0.4, 0.5) is 5.69 Å². The van der Waals surface area contributed by atoms with Crippen molar-refractivity contribution in [1.29, 1.82) is 0 Å². The molecule has 5 nitrogen and oxygen atoms in total. The van der Waals surface area contributed by atoms with Gasteiger partial charge in [0.15, 0.2) is 5.82 Å². The Morgan fingerprint density at radius 2 is 2.18 bits per heavy atom. The van der Waals surface area contributed by atoms with Crippen LogP contribution in [0.1, 0.15) is 5.56 Å². The molecule has 0 radical (unpaired) electrons. The van der Waals surface area contributed by atoms with Gasteiger partial charge in [-0.2, -0.15) is 11.3 Å². The zero-order chi connectivity index (χ0) is 15.4. The van der Waals surface area contributed by atoms with Gasteiger partial charge in [-0.1, -0.05) is 12.1 Å². The molecule has 2 heterocycles. The zero-order valence-electron chi connectivity index (χ0n) is 11.9. The summed E-state index contributed by atoms with van der Waals surface area (Å²) >= 11 is 1.60. The Balaban J connectivity index is 1.81. The molecule has 3 aromatic rings. The third-order valence-corrected chi connectivity index (χ3v) is 3.81. The molecule has 0 bridgehead atoms. The number of rotatable bonds is 4. The van der Waals surface area contributed by atoms with Crippen LogP contribution >= 0.6 is 11.3 Å². The highest BCUT2D eigenvalue weighted by molar-refractivity contribution is 7.08. The number of aryl methyl sites for hydroxylation is 1. The Bertz CT molecular complexity index is 805. The van der Waals surface area contributed by atoms with Gasteiger partial charge < -0.3 is 9.88 Å². The molecular weight excluding hydrogens is 296 g/mol. The molecule has 1 aromatic carbocycles. The van der Waals surface area contributed by atoms with Crippen LogP contribution in [0.5, 0.6) is 0 Å². The van der Waals surface area contributed by atoms with Gasteiger partial charge >= 0.3 is 0 Å². The predicted molar refractivity (Wildman–Crippen MR) is 88.4 cm³/mol. The van der Waals surface area contributed by atoms with Crippen LogP contribution < -0.4 is 5.32 Å². The summed E-state index contributed by atoms with van der Waals surface area (Å²) in [5.74, 6) is 0.526. The molecule has 2 aromatic heterocycles. The molecule has 0 aliphatic carbocycles. The number of carbonyl (C=O) groups is 1. The fourth-order valence-corrected chi connectivity index (χ4v) is 2.66. The van der Waals surface area contributed by atoms with Crippen LogP contribution in [-0.2, 0) is 11.8 Å². The maximum atomic E-state index is 12.1. The molecule has 0 saturated carbocycles. The Morgan fingerprint density at radius 1 is 1.32 bits per heavy atom. The van der Waals surface area contributed by atoms with Crippen molar-refractivity contribution in [1.82, 2.24) is 14.8 Å². The Hall–Kier alpha value is -2.73. The first-order valence-electron chi connectivity index (χ1n) is 6.69. The number of carbonyl (C=O) groups excluding carboxylic acids is 1. The Labute approximate surface area is 131 Å². The minimum Gasteiger partial charge on any atom is -0.322 e. The average Bonchev–Trinajstić information content (AvgIpc) is 3.17.